The molecule has 1 aromatic rings. The molecule has 6 rings (SSSR count). The van der Waals surface area contributed by atoms with Crippen LogP contribution in [0.25, 0.3) is 0 Å². The summed E-state index contributed by atoms with van der Waals surface area (Å²) in [5.41, 5.74) is 4.52. The fourth-order valence-electron chi connectivity index (χ4n) is 9.58. The highest BCUT2D eigenvalue weighted by Crippen LogP contribution is 2.75. The molecule has 3 saturated carbocycles. The summed E-state index contributed by atoms with van der Waals surface area (Å²) in [6.45, 7) is 14.0. The van der Waals surface area contributed by atoms with Crippen LogP contribution in [0.2, 0.25) is 0 Å². The normalized spacial score (nSPS) is 39.8. The Bertz CT molecular complexity index is 1480. The third-order valence-corrected chi connectivity index (χ3v) is 13.5. The number of aliphatic hydroxyl groups excluding tert-OH is 1. The lowest BCUT2D eigenvalue weighted by molar-refractivity contribution is -0.183. The first-order valence-corrected chi connectivity index (χ1v) is 16.0. The van der Waals surface area contributed by atoms with Crippen molar-refractivity contribution in [2.75, 3.05) is 0 Å². The van der Waals surface area contributed by atoms with Crippen molar-refractivity contribution in [1.29, 1.82) is 0 Å². The number of carbonyl (C=O) groups is 2. The van der Waals surface area contributed by atoms with E-state index in [9.17, 15) is 14.7 Å². The van der Waals surface area contributed by atoms with Crippen molar-refractivity contribution in [1.82, 2.24) is 0 Å². The predicted molar refractivity (Wildman–Crippen MR) is 165 cm³/mol. The summed E-state index contributed by atoms with van der Waals surface area (Å²) in [7, 11) is 0. The summed E-state index contributed by atoms with van der Waals surface area (Å²) in [5.74, 6) is -0.110. The predicted octanol–water partition coefficient (Wildman–Crippen LogP) is 9.12. The van der Waals surface area contributed by atoms with Crippen molar-refractivity contribution in [3.05, 3.63) is 80.6 Å². The number of rotatable bonds is 3. The van der Waals surface area contributed by atoms with Gasteiger partial charge in [0.15, 0.2) is 5.76 Å². The lowest BCUT2D eigenvalue weighted by Crippen LogP contribution is -2.62. The fourth-order valence-corrected chi connectivity index (χ4v) is 9.97. The van der Waals surface area contributed by atoms with E-state index in [1.165, 1.54) is 5.57 Å². The number of halogens is 1. The summed E-state index contributed by atoms with van der Waals surface area (Å²) in [6.07, 6.45) is 13.1. The molecular formula is C36H43BrO4. The molecule has 0 spiro atoms. The van der Waals surface area contributed by atoms with Crippen LogP contribution in [0.1, 0.15) is 92.1 Å². The van der Waals surface area contributed by atoms with Gasteiger partial charge < -0.3 is 9.84 Å². The van der Waals surface area contributed by atoms with Gasteiger partial charge in [0.1, 0.15) is 6.61 Å². The molecule has 0 saturated heterocycles. The van der Waals surface area contributed by atoms with Crippen LogP contribution in [-0.2, 0) is 20.9 Å². The Labute approximate surface area is 253 Å². The van der Waals surface area contributed by atoms with Gasteiger partial charge in [-0.1, -0.05) is 79.5 Å². The highest BCUT2D eigenvalue weighted by molar-refractivity contribution is 9.10. The van der Waals surface area contributed by atoms with Crippen LogP contribution in [0.3, 0.4) is 0 Å². The van der Waals surface area contributed by atoms with Gasteiger partial charge in [0, 0.05) is 21.0 Å². The summed E-state index contributed by atoms with van der Waals surface area (Å²) in [5, 5.41) is 10.4. The smallest absolute Gasteiger partial charge is 0.312 e. The van der Waals surface area contributed by atoms with Crippen molar-refractivity contribution in [2.24, 2.45) is 33.0 Å². The zero-order chi connectivity index (χ0) is 29.6. The molecule has 0 bridgehead atoms. The van der Waals surface area contributed by atoms with Crippen molar-refractivity contribution in [3.63, 3.8) is 0 Å². The Balaban J connectivity index is 1.34. The lowest BCUT2D eigenvalue weighted by Gasteiger charge is -2.70. The molecule has 0 amide bonds. The first kappa shape index (κ1) is 28.7. The number of carbonyl (C=O) groups excluding carboxylic acids is 2. The average molecular weight is 620 g/mol. The van der Waals surface area contributed by atoms with Crippen LogP contribution < -0.4 is 0 Å². The number of aliphatic hydroxyl groups is 1. The van der Waals surface area contributed by atoms with E-state index in [0.29, 0.717) is 11.5 Å². The van der Waals surface area contributed by atoms with Gasteiger partial charge >= 0.3 is 5.97 Å². The molecule has 0 unspecified atom stereocenters. The van der Waals surface area contributed by atoms with Crippen molar-refractivity contribution in [3.8, 4) is 0 Å². The van der Waals surface area contributed by atoms with Gasteiger partial charge in [-0.05, 0) is 104 Å². The largest absolute Gasteiger partial charge is 0.504 e. The number of ether oxygens (including phenoxy) is 1. The topological polar surface area (TPSA) is 63.6 Å². The van der Waals surface area contributed by atoms with Crippen LogP contribution in [0.15, 0.2) is 75.0 Å². The maximum Gasteiger partial charge on any atom is 0.312 e. The van der Waals surface area contributed by atoms with Crippen LogP contribution in [0, 0.1) is 33.0 Å². The van der Waals surface area contributed by atoms with E-state index in [0.717, 1.165) is 66.1 Å². The first-order valence-electron chi connectivity index (χ1n) is 15.2. The molecule has 218 valence electrons. The van der Waals surface area contributed by atoms with E-state index in [2.05, 4.69) is 62.7 Å². The highest BCUT2D eigenvalue weighted by atomic mass is 79.9. The Morgan fingerprint density at radius 3 is 2.44 bits per heavy atom. The Morgan fingerprint density at radius 2 is 1.71 bits per heavy atom. The van der Waals surface area contributed by atoms with Crippen LogP contribution in [0.4, 0.5) is 0 Å². The number of benzene rings is 1. The second-order valence-corrected chi connectivity index (χ2v) is 15.6. The molecule has 41 heavy (non-hydrogen) atoms. The number of fused-ring (bicyclic) bond motifs is 7. The summed E-state index contributed by atoms with van der Waals surface area (Å²) in [4.78, 5) is 26.5. The van der Waals surface area contributed by atoms with E-state index < -0.39 is 5.41 Å². The number of ketones is 1. The molecule has 1 aromatic carbocycles. The van der Waals surface area contributed by atoms with E-state index in [-0.39, 0.29) is 45.8 Å². The Hall–Kier alpha value is -2.40. The number of hydrogen-bond acceptors (Lipinski definition) is 4. The van der Waals surface area contributed by atoms with E-state index in [1.54, 1.807) is 6.08 Å². The third kappa shape index (κ3) is 3.97. The van der Waals surface area contributed by atoms with Crippen LogP contribution in [-0.4, -0.2) is 16.9 Å². The van der Waals surface area contributed by atoms with Gasteiger partial charge in [-0.15, -0.1) is 0 Å². The molecule has 0 heterocycles. The highest BCUT2D eigenvalue weighted by Gasteiger charge is 2.67. The molecular weight excluding hydrogens is 576 g/mol. The number of esters is 1. The number of allylic oxidation sites excluding steroid dienone is 7. The molecule has 5 aliphatic rings. The summed E-state index contributed by atoms with van der Waals surface area (Å²) < 4.78 is 6.96. The second-order valence-electron chi connectivity index (χ2n) is 14.8. The molecule has 1 N–H and O–H groups in total. The molecule has 3 fully saturated rings. The minimum Gasteiger partial charge on any atom is -0.504 e. The monoisotopic (exact) mass is 618 g/mol. The molecule has 5 heteroatoms. The van der Waals surface area contributed by atoms with Gasteiger partial charge in [0.25, 0.3) is 0 Å². The second kappa shape index (κ2) is 9.30. The Kier molecular flexibility index (Phi) is 6.51. The Morgan fingerprint density at radius 1 is 1.00 bits per heavy atom. The summed E-state index contributed by atoms with van der Waals surface area (Å²) >= 11 is 3.58. The van der Waals surface area contributed by atoms with Gasteiger partial charge in [-0.2, -0.15) is 0 Å². The third-order valence-electron chi connectivity index (χ3n) is 12.7. The maximum atomic E-state index is 13.7. The maximum absolute atomic E-state index is 13.7. The zero-order valence-corrected chi connectivity index (χ0v) is 26.9. The fraction of sp³-hybridized carbons (Fsp3) is 0.556. The van der Waals surface area contributed by atoms with Gasteiger partial charge in [0.05, 0.1) is 5.41 Å². The quantitative estimate of drug-likeness (QED) is 0.343. The zero-order valence-electron chi connectivity index (χ0n) is 25.3. The van der Waals surface area contributed by atoms with Crippen LogP contribution in [0.5, 0.6) is 0 Å². The lowest BCUT2D eigenvalue weighted by atomic mass is 9.34. The number of hydrogen-bond donors (Lipinski definition) is 1. The standard InChI is InChI=1S/C36H43BrO4/c1-22-24-11-12-28-34(4,25(24)19-27(38)30(22)39)16-18-36(6)29-20-33(3,14-13-32(29,2)15-17-35(28,36)5)31(40)41-21-23-9-7-8-10-26(23)37/h7-12,19,29,39H,13-18,20-21H2,1-6H3/t29-,32-,33-,34+,35-,36+/m1/s1. The van der Waals surface area contributed by atoms with Gasteiger partial charge in [-0.3, -0.25) is 9.59 Å². The molecule has 6 atom stereocenters. The summed E-state index contributed by atoms with van der Waals surface area (Å²) in [6, 6.07) is 7.92. The molecule has 5 aliphatic carbocycles. The minimum atomic E-state index is -0.515. The van der Waals surface area contributed by atoms with E-state index >= 15 is 0 Å². The van der Waals surface area contributed by atoms with Crippen LogP contribution >= 0.6 is 15.9 Å². The average Bonchev–Trinajstić information content (AvgIpc) is 2.94. The van der Waals surface area contributed by atoms with Crippen molar-refractivity contribution in [2.45, 2.75) is 93.1 Å². The minimum absolute atomic E-state index is 0.00730. The van der Waals surface area contributed by atoms with Gasteiger partial charge in [0.2, 0.25) is 5.78 Å². The molecule has 0 aromatic heterocycles. The molecule has 4 nitrogen and oxygen atoms in total. The first-order chi connectivity index (χ1) is 19.2. The van der Waals surface area contributed by atoms with E-state index in [4.69, 9.17) is 4.74 Å². The van der Waals surface area contributed by atoms with Gasteiger partial charge in [-0.25, -0.2) is 0 Å². The van der Waals surface area contributed by atoms with Crippen molar-refractivity contribution >= 4 is 27.7 Å². The molecule has 0 aliphatic heterocycles. The molecule has 0 radical (unpaired) electrons. The SMILES string of the molecule is CC1=C(O)C(=O)C=C2C1=CC=C1[C@@]2(C)CC[C@@]2(C)[C@@H]3C[C@](C)(C(=O)OCc4ccccc4Br)CC[C@]3(C)CC[C@]12C. The van der Waals surface area contributed by atoms with Crippen molar-refractivity contribution < 1.29 is 19.4 Å². The van der Waals surface area contributed by atoms with E-state index in [1.807, 2.05) is 31.2 Å².